The Morgan fingerprint density at radius 3 is 2.21 bits per heavy atom. The van der Waals surface area contributed by atoms with Crippen LogP contribution in [0.3, 0.4) is 0 Å². The predicted molar refractivity (Wildman–Crippen MR) is 140 cm³/mol. The van der Waals surface area contributed by atoms with Crippen molar-refractivity contribution in [3.63, 3.8) is 0 Å². The molecule has 0 N–H and O–H groups in total. The second kappa shape index (κ2) is 7.19. The highest BCUT2D eigenvalue weighted by atomic mass is 16.2. The summed E-state index contributed by atoms with van der Waals surface area (Å²) in [6.07, 6.45) is 1.90. The highest BCUT2D eigenvalue weighted by Crippen LogP contribution is 2.37. The summed E-state index contributed by atoms with van der Waals surface area (Å²) in [6.45, 7) is 0. The summed E-state index contributed by atoms with van der Waals surface area (Å²) in [7, 11) is 0. The van der Waals surface area contributed by atoms with Crippen molar-refractivity contribution in [1.29, 1.82) is 0 Å². The second-order valence-corrected chi connectivity index (χ2v) is 8.64. The van der Waals surface area contributed by atoms with Crippen LogP contribution in [-0.4, -0.2) is 15.0 Å². The Labute approximate surface area is 196 Å². The van der Waals surface area contributed by atoms with Gasteiger partial charge < -0.3 is 4.57 Å². The average Bonchev–Trinajstić information content (AvgIpc) is 3.48. The van der Waals surface area contributed by atoms with Gasteiger partial charge in [-0.15, -0.1) is 0 Å². The normalized spacial score (nSPS) is 11.6. The number of carbonyl (C=O) groups is 1. The number of aromatic nitrogens is 2. The Bertz CT molecular complexity index is 1870. The van der Waals surface area contributed by atoms with Crippen LogP contribution >= 0.6 is 0 Å². The molecule has 2 aromatic heterocycles. The van der Waals surface area contributed by atoms with Crippen molar-refractivity contribution in [2.75, 3.05) is 0 Å². The summed E-state index contributed by atoms with van der Waals surface area (Å²) < 4.78 is 4.07. The molecule has 160 valence electrons. The molecule has 0 aliphatic carbocycles. The molecule has 0 amide bonds. The monoisotopic (exact) mass is 436 g/mol. The van der Waals surface area contributed by atoms with Gasteiger partial charge in [-0.05, 0) is 53.2 Å². The van der Waals surface area contributed by atoms with Gasteiger partial charge in [0.05, 0.1) is 16.6 Å². The van der Waals surface area contributed by atoms with Crippen molar-refractivity contribution in [2.24, 2.45) is 0 Å². The lowest BCUT2D eigenvalue weighted by atomic mass is 10.1. The summed E-state index contributed by atoms with van der Waals surface area (Å²) in [5.41, 5.74) is 4.97. The summed E-state index contributed by atoms with van der Waals surface area (Å²) in [5, 5.41) is 5.65. The lowest BCUT2D eigenvalue weighted by Crippen LogP contribution is -2.10. The molecular formula is C31H20N2O. The summed E-state index contributed by atoms with van der Waals surface area (Å²) in [4.78, 5) is 13.6. The molecule has 0 aliphatic rings. The van der Waals surface area contributed by atoms with Crippen molar-refractivity contribution in [2.45, 2.75) is 0 Å². The quantitative estimate of drug-likeness (QED) is 0.274. The molecule has 5 aromatic carbocycles. The van der Waals surface area contributed by atoms with E-state index in [4.69, 9.17) is 0 Å². The van der Waals surface area contributed by atoms with Gasteiger partial charge in [-0.3, -0.25) is 9.36 Å². The lowest BCUT2D eigenvalue weighted by molar-refractivity contribution is 0.0965. The molecule has 0 unspecified atom stereocenters. The van der Waals surface area contributed by atoms with E-state index in [0.717, 1.165) is 38.4 Å². The van der Waals surface area contributed by atoms with E-state index in [9.17, 15) is 4.79 Å². The second-order valence-electron chi connectivity index (χ2n) is 8.64. The minimum Gasteiger partial charge on any atom is -0.309 e. The summed E-state index contributed by atoms with van der Waals surface area (Å²) in [6, 6.07) is 39.2. The molecule has 0 saturated heterocycles. The maximum atomic E-state index is 13.6. The number of hydrogen-bond acceptors (Lipinski definition) is 1. The summed E-state index contributed by atoms with van der Waals surface area (Å²) >= 11 is 0. The number of rotatable bonds is 2. The standard InChI is InChI=1S/C31H20N2O/c34-31(23-15-14-21-8-4-5-9-22(21)20-23)32-19-18-27-28(32)17-16-26-25-12-6-7-13-29(25)33(30(26)27)24-10-2-1-3-11-24/h1-20H. The first-order valence-corrected chi connectivity index (χ1v) is 11.4. The van der Waals surface area contributed by atoms with Crippen molar-refractivity contribution in [3.05, 3.63) is 127 Å². The molecular weight excluding hydrogens is 416 g/mol. The molecule has 0 aliphatic heterocycles. The van der Waals surface area contributed by atoms with Crippen molar-refractivity contribution < 1.29 is 4.79 Å². The van der Waals surface area contributed by atoms with Gasteiger partial charge >= 0.3 is 0 Å². The maximum absolute atomic E-state index is 13.6. The number of carbonyl (C=O) groups excluding carboxylic acids is 1. The Balaban J connectivity index is 1.49. The molecule has 0 radical (unpaired) electrons. The van der Waals surface area contributed by atoms with Crippen LogP contribution in [0.1, 0.15) is 10.4 Å². The van der Waals surface area contributed by atoms with Crippen LogP contribution in [0.25, 0.3) is 49.2 Å². The van der Waals surface area contributed by atoms with Gasteiger partial charge in [-0.25, -0.2) is 0 Å². The van der Waals surface area contributed by atoms with Crippen LogP contribution < -0.4 is 0 Å². The van der Waals surface area contributed by atoms with Crippen LogP contribution in [0.4, 0.5) is 0 Å². The van der Waals surface area contributed by atoms with E-state index in [0.29, 0.717) is 5.56 Å². The van der Waals surface area contributed by atoms with Crippen molar-refractivity contribution in [1.82, 2.24) is 9.13 Å². The van der Waals surface area contributed by atoms with E-state index in [-0.39, 0.29) is 5.91 Å². The fraction of sp³-hybridized carbons (Fsp3) is 0. The first kappa shape index (κ1) is 18.9. The average molecular weight is 437 g/mol. The van der Waals surface area contributed by atoms with Crippen LogP contribution in [0.2, 0.25) is 0 Å². The van der Waals surface area contributed by atoms with Gasteiger partial charge in [-0.2, -0.15) is 0 Å². The number of para-hydroxylation sites is 2. The van der Waals surface area contributed by atoms with Gasteiger partial charge in [0.15, 0.2) is 0 Å². The van der Waals surface area contributed by atoms with Gasteiger partial charge in [-0.1, -0.05) is 72.8 Å². The molecule has 0 saturated carbocycles. The third kappa shape index (κ3) is 2.67. The van der Waals surface area contributed by atoms with Crippen molar-refractivity contribution >= 4 is 49.4 Å². The van der Waals surface area contributed by atoms with Gasteiger partial charge in [0.2, 0.25) is 0 Å². The van der Waals surface area contributed by atoms with Gasteiger partial charge in [0, 0.05) is 33.6 Å². The Hall–Kier alpha value is -4.63. The van der Waals surface area contributed by atoms with E-state index < -0.39 is 0 Å². The predicted octanol–water partition coefficient (Wildman–Crippen LogP) is 7.58. The zero-order valence-electron chi connectivity index (χ0n) is 18.3. The fourth-order valence-corrected chi connectivity index (χ4v) is 5.16. The third-order valence-corrected chi connectivity index (χ3v) is 6.73. The van der Waals surface area contributed by atoms with Crippen LogP contribution in [0.15, 0.2) is 121 Å². The SMILES string of the molecule is O=C(c1ccc2ccccc2c1)n1ccc2c1ccc1c3ccccc3n(-c3ccccc3)c12. The van der Waals surface area contributed by atoms with Gasteiger partial charge in [0.1, 0.15) is 0 Å². The molecule has 2 heterocycles. The van der Waals surface area contributed by atoms with Crippen molar-refractivity contribution in [3.8, 4) is 5.69 Å². The number of benzene rings is 5. The molecule has 7 rings (SSSR count). The lowest BCUT2D eigenvalue weighted by Gasteiger charge is -2.09. The molecule has 3 heteroatoms. The molecule has 34 heavy (non-hydrogen) atoms. The maximum Gasteiger partial charge on any atom is 0.262 e. The highest BCUT2D eigenvalue weighted by Gasteiger charge is 2.18. The van der Waals surface area contributed by atoms with E-state index in [2.05, 4.69) is 77.4 Å². The minimum atomic E-state index is -0.0255. The van der Waals surface area contributed by atoms with E-state index in [1.807, 2.05) is 48.7 Å². The van der Waals surface area contributed by atoms with Crippen LogP contribution in [-0.2, 0) is 0 Å². The first-order chi connectivity index (χ1) is 16.8. The molecule has 0 atom stereocenters. The summed E-state index contributed by atoms with van der Waals surface area (Å²) in [5.74, 6) is -0.0255. The molecule has 0 spiro atoms. The molecule has 7 aromatic rings. The Morgan fingerprint density at radius 2 is 1.32 bits per heavy atom. The minimum absolute atomic E-state index is 0.0255. The number of nitrogens with zero attached hydrogens (tertiary/aromatic N) is 2. The molecule has 0 bridgehead atoms. The van der Waals surface area contributed by atoms with E-state index >= 15 is 0 Å². The zero-order valence-corrected chi connectivity index (χ0v) is 18.3. The zero-order chi connectivity index (χ0) is 22.6. The fourth-order valence-electron chi connectivity index (χ4n) is 5.16. The van der Waals surface area contributed by atoms with E-state index in [1.165, 1.54) is 10.8 Å². The Morgan fingerprint density at radius 1 is 0.559 bits per heavy atom. The highest BCUT2D eigenvalue weighted by molar-refractivity contribution is 6.19. The first-order valence-electron chi connectivity index (χ1n) is 11.4. The third-order valence-electron chi connectivity index (χ3n) is 6.73. The number of hydrogen-bond donors (Lipinski definition) is 0. The smallest absolute Gasteiger partial charge is 0.262 e. The molecule has 0 fully saturated rings. The van der Waals surface area contributed by atoms with Gasteiger partial charge in [0.25, 0.3) is 5.91 Å². The molecule has 3 nitrogen and oxygen atoms in total. The van der Waals surface area contributed by atoms with E-state index in [1.54, 1.807) is 4.57 Å². The number of fused-ring (bicyclic) bond motifs is 6. The van der Waals surface area contributed by atoms with Crippen LogP contribution in [0, 0.1) is 0 Å². The largest absolute Gasteiger partial charge is 0.309 e. The Kier molecular flexibility index (Phi) is 4.00. The van der Waals surface area contributed by atoms with Crippen LogP contribution in [0.5, 0.6) is 0 Å². The topological polar surface area (TPSA) is 26.9 Å².